The van der Waals surface area contributed by atoms with Crippen LogP contribution in [0.15, 0.2) is 30.7 Å². The largest absolute Gasteiger partial charge is 0.387 e. The minimum Gasteiger partial charge on any atom is -0.387 e. The lowest BCUT2D eigenvalue weighted by Gasteiger charge is -2.12. The van der Waals surface area contributed by atoms with Crippen LogP contribution in [0, 0.1) is 6.92 Å². The molecule has 3 rings (SSSR count). The Balaban J connectivity index is 2.20. The standard InChI is InChI=1S/C16H16N6O/c1-9-11(5-19-7-14(9)18-2)13-3-10-4-15(21-8-23)20-6-12(10)16(17)22-13/h3-8,18H,1-2H3,(H2,17,22)(H,20,21,23). The molecule has 7 nitrogen and oxygen atoms in total. The van der Waals surface area contributed by atoms with Crippen LogP contribution >= 0.6 is 0 Å². The highest BCUT2D eigenvalue weighted by Gasteiger charge is 2.11. The zero-order valence-electron chi connectivity index (χ0n) is 12.8. The first-order valence-corrected chi connectivity index (χ1v) is 7.03. The van der Waals surface area contributed by atoms with Gasteiger partial charge in [0, 0.05) is 30.4 Å². The van der Waals surface area contributed by atoms with Crippen LogP contribution in [-0.2, 0) is 4.79 Å². The monoisotopic (exact) mass is 308 g/mol. The predicted molar refractivity (Wildman–Crippen MR) is 91.2 cm³/mol. The van der Waals surface area contributed by atoms with Crippen molar-refractivity contribution in [3.63, 3.8) is 0 Å². The average molecular weight is 308 g/mol. The predicted octanol–water partition coefficient (Wildman–Crippen LogP) is 2.19. The molecule has 0 radical (unpaired) electrons. The molecular weight excluding hydrogens is 292 g/mol. The van der Waals surface area contributed by atoms with Crippen molar-refractivity contribution in [2.75, 3.05) is 23.4 Å². The number of nitrogens with zero attached hydrogens (tertiary/aromatic N) is 3. The van der Waals surface area contributed by atoms with Gasteiger partial charge in [-0.2, -0.15) is 0 Å². The fourth-order valence-electron chi connectivity index (χ4n) is 2.49. The van der Waals surface area contributed by atoms with Crippen molar-refractivity contribution in [3.8, 4) is 11.3 Å². The molecule has 0 bridgehead atoms. The van der Waals surface area contributed by atoms with Crippen LogP contribution in [-0.4, -0.2) is 28.4 Å². The number of pyridine rings is 3. The Morgan fingerprint density at radius 2 is 2.04 bits per heavy atom. The number of nitrogens with one attached hydrogen (secondary N) is 2. The molecule has 0 atom stereocenters. The van der Waals surface area contributed by atoms with Crippen LogP contribution in [0.3, 0.4) is 0 Å². The highest BCUT2D eigenvalue weighted by molar-refractivity contribution is 5.95. The van der Waals surface area contributed by atoms with E-state index in [0.717, 1.165) is 33.3 Å². The van der Waals surface area contributed by atoms with Crippen molar-refractivity contribution in [1.29, 1.82) is 0 Å². The SMILES string of the molecule is CNc1cncc(-c2cc3cc(NC=O)ncc3c(N)n2)c1C. The van der Waals surface area contributed by atoms with E-state index < -0.39 is 0 Å². The molecule has 23 heavy (non-hydrogen) atoms. The van der Waals surface area contributed by atoms with Gasteiger partial charge in [0.05, 0.1) is 17.6 Å². The number of amides is 1. The van der Waals surface area contributed by atoms with Crippen LogP contribution < -0.4 is 16.4 Å². The van der Waals surface area contributed by atoms with Gasteiger partial charge in [-0.05, 0) is 30.0 Å². The molecule has 0 aliphatic rings. The number of carbonyl (C=O) groups is 1. The van der Waals surface area contributed by atoms with Gasteiger partial charge in [0.15, 0.2) is 0 Å². The third-order valence-electron chi connectivity index (χ3n) is 3.71. The number of aromatic nitrogens is 3. The number of anilines is 3. The van der Waals surface area contributed by atoms with Gasteiger partial charge in [0.2, 0.25) is 6.41 Å². The fourth-order valence-corrected chi connectivity index (χ4v) is 2.49. The Bertz CT molecular complexity index is 893. The van der Waals surface area contributed by atoms with Crippen LogP contribution in [0.2, 0.25) is 0 Å². The number of nitrogens with two attached hydrogens (primary N) is 1. The minimum atomic E-state index is 0.386. The lowest BCUT2D eigenvalue weighted by molar-refractivity contribution is -0.105. The molecule has 1 amide bonds. The number of nitrogen functional groups attached to an aromatic ring is 1. The second-order valence-electron chi connectivity index (χ2n) is 5.06. The quantitative estimate of drug-likeness (QED) is 0.638. The van der Waals surface area contributed by atoms with Crippen molar-refractivity contribution in [1.82, 2.24) is 15.0 Å². The topological polar surface area (TPSA) is 106 Å². The highest BCUT2D eigenvalue weighted by atomic mass is 16.1. The summed E-state index contributed by atoms with van der Waals surface area (Å²) in [6.07, 6.45) is 5.71. The van der Waals surface area contributed by atoms with E-state index in [1.165, 1.54) is 0 Å². The van der Waals surface area contributed by atoms with Crippen molar-refractivity contribution in [2.24, 2.45) is 0 Å². The molecule has 0 spiro atoms. The van der Waals surface area contributed by atoms with Crippen molar-refractivity contribution < 1.29 is 4.79 Å². The molecule has 3 aromatic rings. The summed E-state index contributed by atoms with van der Waals surface area (Å²) in [7, 11) is 1.85. The van der Waals surface area contributed by atoms with Gasteiger partial charge in [-0.3, -0.25) is 9.78 Å². The van der Waals surface area contributed by atoms with Gasteiger partial charge in [-0.25, -0.2) is 9.97 Å². The van der Waals surface area contributed by atoms with Gasteiger partial charge in [-0.15, -0.1) is 0 Å². The van der Waals surface area contributed by atoms with Gasteiger partial charge in [-0.1, -0.05) is 0 Å². The maximum absolute atomic E-state index is 10.6. The lowest BCUT2D eigenvalue weighted by atomic mass is 10.0. The second-order valence-corrected chi connectivity index (χ2v) is 5.06. The number of hydrogen-bond acceptors (Lipinski definition) is 6. The summed E-state index contributed by atoms with van der Waals surface area (Å²) in [5, 5.41) is 7.22. The maximum Gasteiger partial charge on any atom is 0.212 e. The molecule has 0 aliphatic heterocycles. The summed E-state index contributed by atoms with van der Waals surface area (Å²) in [4.78, 5) is 23.4. The smallest absolute Gasteiger partial charge is 0.212 e. The summed E-state index contributed by atoms with van der Waals surface area (Å²) in [6.45, 7) is 2.00. The Labute approximate surface area is 133 Å². The molecule has 4 N–H and O–H groups in total. The Morgan fingerprint density at radius 3 is 2.78 bits per heavy atom. The zero-order valence-corrected chi connectivity index (χ0v) is 12.8. The van der Waals surface area contributed by atoms with E-state index in [4.69, 9.17) is 5.73 Å². The number of rotatable bonds is 4. The van der Waals surface area contributed by atoms with Crippen LogP contribution in [0.5, 0.6) is 0 Å². The molecule has 0 saturated heterocycles. The van der Waals surface area contributed by atoms with E-state index in [9.17, 15) is 4.79 Å². The molecule has 3 heterocycles. The lowest BCUT2D eigenvalue weighted by Crippen LogP contribution is -2.00. The first-order valence-electron chi connectivity index (χ1n) is 7.03. The third kappa shape index (κ3) is 2.64. The molecule has 0 saturated carbocycles. The van der Waals surface area contributed by atoms with E-state index in [1.54, 1.807) is 24.7 Å². The molecule has 0 fully saturated rings. The second kappa shape index (κ2) is 5.88. The van der Waals surface area contributed by atoms with Gasteiger partial charge < -0.3 is 16.4 Å². The summed E-state index contributed by atoms with van der Waals surface area (Å²) in [5.41, 5.74) is 9.65. The fraction of sp³-hybridized carbons (Fsp3) is 0.125. The zero-order chi connectivity index (χ0) is 16.4. The molecule has 3 aromatic heterocycles. The summed E-state index contributed by atoms with van der Waals surface area (Å²) < 4.78 is 0. The Hall–Kier alpha value is -3.22. The molecule has 0 unspecified atom stereocenters. The summed E-state index contributed by atoms with van der Waals surface area (Å²) in [5.74, 6) is 0.847. The molecule has 116 valence electrons. The average Bonchev–Trinajstić information content (AvgIpc) is 2.55. The van der Waals surface area contributed by atoms with E-state index in [-0.39, 0.29) is 0 Å². The Morgan fingerprint density at radius 1 is 1.22 bits per heavy atom. The van der Waals surface area contributed by atoms with Crippen LogP contribution in [0.1, 0.15) is 5.56 Å². The minimum absolute atomic E-state index is 0.386. The molecular formula is C16H16N6O. The first-order chi connectivity index (χ1) is 11.1. The van der Waals surface area contributed by atoms with Crippen LogP contribution in [0.25, 0.3) is 22.0 Å². The Kier molecular flexibility index (Phi) is 3.76. The number of fused-ring (bicyclic) bond motifs is 1. The first kappa shape index (κ1) is 14.7. The van der Waals surface area contributed by atoms with Crippen molar-refractivity contribution in [3.05, 3.63) is 36.3 Å². The van der Waals surface area contributed by atoms with Gasteiger partial charge in [0.1, 0.15) is 11.6 Å². The van der Waals surface area contributed by atoms with Crippen molar-refractivity contribution >= 4 is 34.5 Å². The normalized spacial score (nSPS) is 10.5. The maximum atomic E-state index is 10.6. The van der Waals surface area contributed by atoms with E-state index in [1.807, 2.05) is 20.0 Å². The van der Waals surface area contributed by atoms with Crippen LogP contribution in [0.4, 0.5) is 17.3 Å². The highest BCUT2D eigenvalue weighted by Crippen LogP contribution is 2.30. The number of carbonyl (C=O) groups excluding carboxylic acids is 1. The molecule has 0 aromatic carbocycles. The number of hydrogen-bond donors (Lipinski definition) is 3. The summed E-state index contributed by atoms with van der Waals surface area (Å²) >= 11 is 0. The van der Waals surface area contributed by atoms with Crippen molar-refractivity contribution in [2.45, 2.75) is 6.92 Å². The van der Waals surface area contributed by atoms with E-state index in [2.05, 4.69) is 25.6 Å². The van der Waals surface area contributed by atoms with E-state index >= 15 is 0 Å². The summed E-state index contributed by atoms with van der Waals surface area (Å²) in [6, 6.07) is 3.67. The van der Waals surface area contributed by atoms with Gasteiger partial charge >= 0.3 is 0 Å². The van der Waals surface area contributed by atoms with Gasteiger partial charge in [0.25, 0.3) is 0 Å². The van der Waals surface area contributed by atoms with E-state index in [0.29, 0.717) is 18.0 Å². The molecule has 0 aliphatic carbocycles. The molecule has 7 heteroatoms. The third-order valence-corrected chi connectivity index (χ3v) is 3.71.